The predicted molar refractivity (Wildman–Crippen MR) is 52.2 cm³/mol. The lowest BCUT2D eigenvalue weighted by molar-refractivity contribution is 0.745. The molecule has 5 nitrogen and oxygen atoms in total. The molecule has 0 aliphatic carbocycles. The van der Waals surface area contributed by atoms with Gasteiger partial charge in [-0.05, 0) is 19.1 Å². The van der Waals surface area contributed by atoms with E-state index in [9.17, 15) is 0 Å². The van der Waals surface area contributed by atoms with E-state index in [2.05, 4.69) is 20.2 Å². The van der Waals surface area contributed by atoms with Gasteiger partial charge in [-0.2, -0.15) is 5.10 Å². The quantitative estimate of drug-likeness (QED) is 0.735. The maximum absolute atomic E-state index is 5.65. The Labute approximate surface area is 81.4 Å². The van der Waals surface area contributed by atoms with Crippen LogP contribution in [-0.2, 0) is 0 Å². The first kappa shape index (κ1) is 8.83. The van der Waals surface area contributed by atoms with E-state index in [1.54, 1.807) is 6.20 Å². The molecule has 0 radical (unpaired) electrons. The van der Waals surface area contributed by atoms with E-state index >= 15 is 0 Å². The standard InChI is InChI=1S/C9H11N5/c1-6(10)8-12-9(14-13-8)7-4-2-3-5-11-7/h2-6H,10H2,1H3,(H,12,13,14). The second-order valence-electron chi connectivity index (χ2n) is 3.05. The minimum Gasteiger partial charge on any atom is -0.322 e. The van der Waals surface area contributed by atoms with Crippen molar-refractivity contribution in [2.24, 2.45) is 5.73 Å². The lowest BCUT2D eigenvalue weighted by atomic mass is 10.3. The molecule has 2 aromatic heterocycles. The van der Waals surface area contributed by atoms with Gasteiger partial charge in [0.05, 0.1) is 6.04 Å². The van der Waals surface area contributed by atoms with Crippen molar-refractivity contribution in [3.05, 3.63) is 30.2 Å². The Kier molecular flexibility index (Phi) is 2.24. The number of hydrogen-bond acceptors (Lipinski definition) is 4. The fourth-order valence-electron chi connectivity index (χ4n) is 1.09. The third kappa shape index (κ3) is 1.62. The molecular weight excluding hydrogens is 178 g/mol. The van der Waals surface area contributed by atoms with E-state index in [1.807, 2.05) is 25.1 Å². The lowest BCUT2D eigenvalue weighted by Gasteiger charge is -1.95. The number of nitrogens with one attached hydrogen (secondary N) is 1. The highest BCUT2D eigenvalue weighted by Gasteiger charge is 2.08. The zero-order valence-corrected chi connectivity index (χ0v) is 7.81. The van der Waals surface area contributed by atoms with E-state index < -0.39 is 0 Å². The van der Waals surface area contributed by atoms with Gasteiger partial charge in [0.1, 0.15) is 11.5 Å². The Hall–Kier alpha value is -1.75. The van der Waals surface area contributed by atoms with Crippen LogP contribution in [0.25, 0.3) is 11.5 Å². The van der Waals surface area contributed by atoms with Gasteiger partial charge in [-0.15, -0.1) is 0 Å². The number of nitrogens with two attached hydrogens (primary N) is 1. The highest BCUT2D eigenvalue weighted by atomic mass is 15.2. The van der Waals surface area contributed by atoms with Gasteiger partial charge in [0.25, 0.3) is 0 Å². The van der Waals surface area contributed by atoms with E-state index in [4.69, 9.17) is 5.73 Å². The molecule has 0 amide bonds. The molecule has 0 saturated heterocycles. The third-order valence-electron chi connectivity index (χ3n) is 1.83. The summed E-state index contributed by atoms with van der Waals surface area (Å²) in [6.07, 6.45) is 1.71. The number of hydrogen-bond donors (Lipinski definition) is 2. The zero-order valence-electron chi connectivity index (χ0n) is 7.81. The summed E-state index contributed by atoms with van der Waals surface area (Å²) in [5, 5.41) is 6.81. The van der Waals surface area contributed by atoms with Crippen molar-refractivity contribution in [1.82, 2.24) is 20.2 Å². The summed E-state index contributed by atoms with van der Waals surface area (Å²) in [4.78, 5) is 8.36. The number of aromatic amines is 1. The molecule has 1 atom stereocenters. The molecule has 0 spiro atoms. The number of H-pyrrole nitrogens is 1. The van der Waals surface area contributed by atoms with Gasteiger partial charge in [0.15, 0.2) is 5.82 Å². The van der Waals surface area contributed by atoms with Crippen LogP contribution in [0.15, 0.2) is 24.4 Å². The molecule has 0 aliphatic heterocycles. The molecule has 2 rings (SSSR count). The van der Waals surface area contributed by atoms with Crippen molar-refractivity contribution in [2.45, 2.75) is 13.0 Å². The van der Waals surface area contributed by atoms with Gasteiger partial charge in [-0.1, -0.05) is 6.07 Å². The zero-order chi connectivity index (χ0) is 9.97. The fourth-order valence-corrected chi connectivity index (χ4v) is 1.09. The molecule has 0 aromatic carbocycles. The molecule has 0 fully saturated rings. The van der Waals surface area contributed by atoms with Gasteiger partial charge in [-0.25, -0.2) is 4.98 Å². The van der Waals surface area contributed by atoms with Crippen LogP contribution < -0.4 is 5.73 Å². The largest absolute Gasteiger partial charge is 0.322 e. The number of aromatic nitrogens is 4. The Morgan fingerprint density at radius 3 is 2.86 bits per heavy atom. The third-order valence-corrected chi connectivity index (χ3v) is 1.83. The van der Waals surface area contributed by atoms with Crippen LogP contribution in [0.2, 0.25) is 0 Å². The SMILES string of the molecule is CC(N)c1nc(-c2ccccn2)n[nH]1. The van der Waals surface area contributed by atoms with Crippen molar-refractivity contribution < 1.29 is 0 Å². The highest BCUT2D eigenvalue weighted by Crippen LogP contribution is 2.12. The van der Waals surface area contributed by atoms with E-state index in [0.717, 1.165) is 5.69 Å². The van der Waals surface area contributed by atoms with Gasteiger partial charge in [0.2, 0.25) is 0 Å². The van der Waals surface area contributed by atoms with Crippen LogP contribution in [0.5, 0.6) is 0 Å². The van der Waals surface area contributed by atoms with Crippen molar-refractivity contribution in [1.29, 1.82) is 0 Å². The van der Waals surface area contributed by atoms with Crippen LogP contribution >= 0.6 is 0 Å². The summed E-state index contributed by atoms with van der Waals surface area (Å²) in [5.74, 6) is 1.25. The van der Waals surface area contributed by atoms with E-state index in [0.29, 0.717) is 11.6 Å². The second-order valence-corrected chi connectivity index (χ2v) is 3.05. The Balaban J connectivity index is 2.34. The molecule has 0 saturated carbocycles. The van der Waals surface area contributed by atoms with Gasteiger partial charge in [-0.3, -0.25) is 10.1 Å². The summed E-state index contributed by atoms with van der Waals surface area (Å²) in [6.45, 7) is 1.85. The van der Waals surface area contributed by atoms with Gasteiger partial charge in [0, 0.05) is 6.20 Å². The smallest absolute Gasteiger partial charge is 0.199 e. The molecule has 14 heavy (non-hydrogen) atoms. The van der Waals surface area contributed by atoms with Crippen molar-refractivity contribution in [3.8, 4) is 11.5 Å². The maximum atomic E-state index is 5.65. The number of rotatable bonds is 2. The molecular formula is C9H11N5. The molecule has 2 aromatic rings. The molecule has 3 N–H and O–H groups in total. The summed E-state index contributed by atoms with van der Waals surface area (Å²) in [6, 6.07) is 5.46. The Morgan fingerprint density at radius 2 is 2.29 bits per heavy atom. The number of pyridine rings is 1. The van der Waals surface area contributed by atoms with Crippen LogP contribution in [0.4, 0.5) is 0 Å². The first-order valence-corrected chi connectivity index (χ1v) is 4.36. The van der Waals surface area contributed by atoms with Gasteiger partial charge >= 0.3 is 0 Å². The lowest BCUT2D eigenvalue weighted by Crippen LogP contribution is -2.06. The molecule has 2 heterocycles. The number of nitrogens with zero attached hydrogens (tertiary/aromatic N) is 3. The van der Waals surface area contributed by atoms with Crippen LogP contribution in [0.3, 0.4) is 0 Å². The molecule has 5 heteroatoms. The summed E-state index contributed by atoms with van der Waals surface area (Å²) >= 11 is 0. The fraction of sp³-hybridized carbons (Fsp3) is 0.222. The summed E-state index contributed by atoms with van der Waals surface area (Å²) in [5.41, 5.74) is 6.40. The topological polar surface area (TPSA) is 80.5 Å². The minimum atomic E-state index is -0.139. The molecule has 0 aliphatic rings. The first-order chi connectivity index (χ1) is 6.77. The molecule has 1 unspecified atom stereocenters. The van der Waals surface area contributed by atoms with Crippen molar-refractivity contribution in [2.75, 3.05) is 0 Å². The van der Waals surface area contributed by atoms with Crippen molar-refractivity contribution >= 4 is 0 Å². The average molecular weight is 189 g/mol. The van der Waals surface area contributed by atoms with E-state index in [-0.39, 0.29) is 6.04 Å². The van der Waals surface area contributed by atoms with Crippen LogP contribution in [0, 0.1) is 0 Å². The van der Waals surface area contributed by atoms with Gasteiger partial charge < -0.3 is 5.73 Å². The van der Waals surface area contributed by atoms with Crippen molar-refractivity contribution in [3.63, 3.8) is 0 Å². The maximum Gasteiger partial charge on any atom is 0.199 e. The normalized spacial score (nSPS) is 12.7. The molecule has 72 valence electrons. The minimum absolute atomic E-state index is 0.139. The Bertz CT molecular complexity index is 406. The highest BCUT2D eigenvalue weighted by molar-refractivity contribution is 5.47. The first-order valence-electron chi connectivity index (χ1n) is 4.36. The van der Waals surface area contributed by atoms with E-state index in [1.165, 1.54) is 0 Å². The average Bonchev–Trinajstić information content (AvgIpc) is 2.68. The summed E-state index contributed by atoms with van der Waals surface area (Å²) in [7, 11) is 0. The second kappa shape index (κ2) is 3.55. The van der Waals surface area contributed by atoms with Crippen LogP contribution in [0.1, 0.15) is 18.8 Å². The Morgan fingerprint density at radius 1 is 1.43 bits per heavy atom. The molecule has 0 bridgehead atoms. The summed E-state index contributed by atoms with van der Waals surface area (Å²) < 4.78 is 0. The predicted octanol–water partition coefficient (Wildman–Crippen LogP) is 0.886. The monoisotopic (exact) mass is 189 g/mol. The van der Waals surface area contributed by atoms with Crippen LogP contribution in [-0.4, -0.2) is 20.2 Å².